The number of aldehydes is 1. The number of aliphatic hydroxyl groups is 1. The number of benzene rings is 1. The predicted octanol–water partition coefficient (Wildman–Crippen LogP) is 5.28. The molecule has 2 N–H and O–H groups in total. The molecule has 4 rings (SSSR count). The molecule has 0 radical (unpaired) electrons. The van der Waals surface area contributed by atoms with Crippen LogP contribution in [-0.2, 0) is 13.0 Å². The fraction of sp³-hybridized carbons (Fsp3) is 0.444. The van der Waals surface area contributed by atoms with Gasteiger partial charge in [-0.2, -0.15) is 0 Å². The van der Waals surface area contributed by atoms with Gasteiger partial charge in [0.15, 0.2) is 0 Å². The molecule has 1 atom stereocenters. The van der Waals surface area contributed by atoms with E-state index in [1.165, 1.54) is 12.8 Å². The highest BCUT2D eigenvalue weighted by molar-refractivity contribution is 5.87. The Bertz CT molecular complexity index is 1090. The van der Waals surface area contributed by atoms with Crippen molar-refractivity contribution >= 4 is 29.5 Å². The SMILES string of the molecule is C=Cc1cc(C2Nc3cc(C=O)c(CCN(C)CCCF)cc3N2C)n(CC2CC2)c1C(=C)O. The number of anilines is 2. The molecular weight excluding hydrogens is 431 g/mol. The highest BCUT2D eigenvalue weighted by Gasteiger charge is 2.34. The third-order valence-corrected chi connectivity index (χ3v) is 6.95. The molecule has 2 aliphatic rings. The monoisotopic (exact) mass is 466 g/mol. The number of aromatic nitrogens is 1. The highest BCUT2D eigenvalue weighted by atomic mass is 19.1. The molecule has 1 saturated carbocycles. The minimum Gasteiger partial charge on any atom is -0.506 e. The van der Waals surface area contributed by atoms with Crippen molar-refractivity contribution in [3.63, 3.8) is 0 Å². The Morgan fingerprint density at radius 1 is 1.29 bits per heavy atom. The van der Waals surface area contributed by atoms with E-state index in [2.05, 4.69) is 45.0 Å². The second-order valence-electron chi connectivity index (χ2n) is 9.52. The summed E-state index contributed by atoms with van der Waals surface area (Å²) in [6.45, 7) is 9.70. The third-order valence-electron chi connectivity index (χ3n) is 6.95. The number of alkyl halides is 1. The van der Waals surface area contributed by atoms with Gasteiger partial charge >= 0.3 is 0 Å². The molecular formula is C27H35FN4O2. The molecule has 1 fully saturated rings. The normalized spacial score (nSPS) is 17.1. The number of hydrogen-bond acceptors (Lipinski definition) is 5. The lowest BCUT2D eigenvalue weighted by Crippen LogP contribution is -2.27. The van der Waals surface area contributed by atoms with E-state index in [0.717, 1.165) is 54.0 Å². The summed E-state index contributed by atoms with van der Waals surface area (Å²) in [6.07, 6.45) is 6.14. The van der Waals surface area contributed by atoms with Crippen LogP contribution in [0.1, 0.15) is 58.3 Å². The molecule has 1 aromatic carbocycles. The van der Waals surface area contributed by atoms with Crippen molar-refractivity contribution in [1.29, 1.82) is 0 Å². The van der Waals surface area contributed by atoms with Crippen molar-refractivity contribution < 1.29 is 14.3 Å². The van der Waals surface area contributed by atoms with Crippen molar-refractivity contribution in [3.8, 4) is 0 Å². The molecule has 0 saturated heterocycles. The number of rotatable bonds is 12. The van der Waals surface area contributed by atoms with E-state index in [1.807, 2.05) is 20.2 Å². The quantitative estimate of drug-likeness (QED) is 0.329. The van der Waals surface area contributed by atoms with E-state index < -0.39 is 0 Å². The van der Waals surface area contributed by atoms with Crippen molar-refractivity contribution in [2.45, 2.75) is 38.4 Å². The van der Waals surface area contributed by atoms with E-state index in [-0.39, 0.29) is 18.6 Å². The average molecular weight is 467 g/mol. The van der Waals surface area contributed by atoms with Gasteiger partial charge in [0.1, 0.15) is 18.2 Å². The Morgan fingerprint density at radius 3 is 2.68 bits per heavy atom. The van der Waals surface area contributed by atoms with E-state index in [0.29, 0.717) is 30.1 Å². The number of aliphatic hydroxyl groups excluding tert-OH is 1. The van der Waals surface area contributed by atoms with Crippen LogP contribution in [0.25, 0.3) is 11.8 Å². The van der Waals surface area contributed by atoms with Crippen molar-refractivity contribution in [1.82, 2.24) is 9.47 Å². The minimum atomic E-state index is -0.317. The summed E-state index contributed by atoms with van der Waals surface area (Å²) in [5.41, 5.74) is 6.21. The largest absolute Gasteiger partial charge is 0.506 e. The first-order chi connectivity index (χ1) is 16.4. The Labute approximate surface area is 201 Å². The van der Waals surface area contributed by atoms with Gasteiger partial charge in [0.05, 0.1) is 29.4 Å². The van der Waals surface area contributed by atoms with Crippen LogP contribution >= 0.6 is 0 Å². The van der Waals surface area contributed by atoms with Crippen LogP contribution in [0.4, 0.5) is 15.8 Å². The van der Waals surface area contributed by atoms with E-state index in [9.17, 15) is 14.3 Å². The van der Waals surface area contributed by atoms with Gasteiger partial charge in [-0.1, -0.05) is 19.2 Å². The van der Waals surface area contributed by atoms with Gasteiger partial charge in [0.2, 0.25) is 0 Å². The number of carbonyl (C=O) groups excluding carboxylic acids is 1. The number of halogens is 1. The van der Waals surface area contributed by atoms with Crippen molar-refractivity contribution in [2.24, 2.45) is 5.92 Å². The lowest BCUT2D eigenvalue weighted by atomic mass is 10.0. The Morgan fingerprint density at radius 2 is 2.06 bits per heavy atom. The molecule has 2 aromatic rings. The van der Waals surface area contributed by atoms with Crippen LogP contribution in [0.5, 0.6) is 0 Å². The number of hydrogen-bond donors (Lipinski definition) is 2. The molecule has 6 nitrogen and oxygen atoms in total. The molecule has 1 aliphatic carbocycles. The highest BCUT2D eigenvalue weighted by Crippen LogP contribution is 2.44. The first-order valence-corrected chi connectivity index (χ1v) is 12.0. The third kappa shape index (κ3) is 4.75. The summed E-state index contributed by atoms with van der Waals surface area (Å²) in [6, 6.07) is 6.07. The van der Waals surface area contributed by atoms with Crippen LogP contribution in [0.2, 0.25) is 0 Å². The van der Waals surface area contributed by atoms with Crippen LogP contribution < -0.4 is 10.2 Å². The number of fused-ring (bicyclic) bond motifs is 1. The first kappa shape index (κ1) is 24.1. The van der Waals surface area contributed by atoms with Crippen LogP contribution in [0.3, 0.4) is 0 Å². The van der Waals surface area contributed by atoms with Crippen molar-refractivity contribution in [3.05, 3.63) is 59.4 Å². The first-order valence-electron chi connectivity index (χ1n) is 12.0. The predicted molar refractivity (Wildman–Crippen MR) is 137 cm³/mol. The Hall–Kier alpha value is -3.06. The van der Waals surface area contributed by atoms with Crippen LogP contribution in [0.15, 0.2) is 31.4 Å². The summed E-state index contributed by atoms with van der Waals surface area (Å²) in [7, 11) is 4.02. The molecule has 0 amide bonds. The maximum Gasteiger partial charge on any atom is 0.150 e. The van der Waals surface area contributed by atoms with Gasteiger partial charge < -0.3 is 24.8 Å². The summed E-state index contributed by atoms with van der Waals surface area (Å²) < 4.78 is 14.7. The second kappa shape index (κ2) is 10.1. The maximum absolute atomic E-state index is 12.5. The summed E-state index contributed by atoms with van der Waals surface area (Å²) in [5, 5.41) is 13.9. The van der Waals surface area contributed by atoms with Gasteiger partial charge in [0.25, 0.3) is 0 Å². The molecule has 0 spiro atoms. The average Bonchev–Trinajstić information content (AvgIpc) is 3.49. The molecule has 0 bridgehead atoms. The summed E-state index contributed by atoms with van der Waals surface area (Å²) in [4.78, 5) is 16.1. The lowest BCUT2D eigenvalue weighted by molar-refractivity contribution is 0.112. The van der Waals surface area contributed by atoms with Gasteiger partial charge in [-0.15, -0.1) is 0 Å². The second-order valence-corrected chi connectivity index (χ2v) is 9.52. The zero-order chi connectivity index (χ0) is 24.4. The fourth-order valence-corrected chi connectivity index (χ4v) is 4.84. The van der Waals surface area contributed by atoms with Gasteiger partial charge in [-0.3, -0.25) is 9.18 Å². The Balaban J connectivity index is 1.64. The zero-order valence-corrected chi connectivity index (χ0v) is 20.2. The standard InChI is InChI=1S/C27H35FN4O2/c1-5-20-14-25(32(16-19-7-8-19)26(20)18(2)34)27-29-23-13-22(17-33)21(15-24(23)31(27)4)9-12-30(3)11-6-10-28/h5,13-15,17,19,27,29,34H,1-2,6-12,16H2,3-4H3. The van der Waals surface area contributed by atoms with E-state index in [4.69, 9.17) is 0 Å². The van der Waals surface area contributed by atoms with Crippen LogP contribution in [-0.4, -0.2) is 54.7 Å². The van der Waals surface area contributed by atoms with Gasteiger partial charge in [-0.05, 0) is 62.4 Å². The zero-order valence-electron chi connectivity index (χ0n) is 20.2. The molecule has 1 aromatic heterocycles. The summed E-state index contributed by atoms with van der Waals surface area (Å²) >= 11 is 0. The van der Waals surface area contributed by atoms with Crippen molar-refractivity contribution in [2.75, 3.05) is 44.1 Å². The maximum atomic E-state index is 12.5. The van der Waals surface area contributed by atoms with E-state index >= 15 is 0 Å². The molecule has 2 heterocycles. The molecule has 1 unspecified atom stereocenters. The molecule has 34 heavy (non-hydrogen) atoms. The molecule has 1 aliphatic heterocycles. The summed E-state index contributed by atoms with van der Waals surface area (Å²) in [5.74, 6) is 0.654. The van der Waals surface area contributed by atoms with Crippen LogP contribution in [0, 0.1) is 5.92 Å². The van der Waals surface area contributed by atoms with Gasteiger partial charge in [0, 0.05) is 37.8 Å². The smallest absolute Gasteiger partial charge is 0.150 e. The topological polar surface area (TPSA) is 60.7 Å². The number of carbonyl (C=O) groups is 1. The molecule has 182 valence electrons. The molecule has 7 heteroatoms. The Kier molecular flexibility index (Phi) is 7.12. The number of nitrogens with one attached hydrogen (secondary N) is 1. The van der Waals surface area contributed by atoms with Gasteiger partial charge in [-0.25, -0.2) is 0 Å². The number of likely N-dealkylation sites (N-methyl/N-ethyl adjacent to an activating group) is 1. The lowest BCUT2D eigenvalue weighted by Gasteiger charge is -2.25. The fourth-order valence-electron chi connectivity index (χ4n) is 4.84. The minimum absolute atomic E-state index is 0.0439. The number of nitrogens with zero attached hydrogens (tertiary/aromatic N) is 3. The van der Waals surface area contributed by atoms with E-state index in [1.54, 1.807) is 6.08 Å².